The molecule has 0 saturated heterocycles. The molecule has 114 valence electrons. The van der Waals surface area contributed by atoms with E-state index in [4.69, 9.17) is 32.7 Å². The number of rotatable bonds is 6. The summed E-state index contributed by atoms with van der Waals surface area (Å²) >= 11 is 11.6. The zero-order chi connectivity index (χ0) is 15.8. The summed E-state index contributed by atoms with van der Waals surface area (Å²) in [6.07, 6.45) is 1.16. The number of esters is 2. The van der Waals surface area contributed by atoms with Crippen molar-refractivity contribution in [1.29, 1.82) is 0 Å². The Hall–Kier alpha value is -1.79. The standard InChI is InChI=1S/C13H14Cl2N2O4/c1-3-20-12(18)8(13(19)21-4-2)7-16-9-5-6-10(14)17-11(9)15/h5-7,16H,3-4H2,1-2H3. The van der Waals surface area contributed by atoms with Crippen LogP contribution in [-0.2, 0) is 19.1 Å². The van der Waals surface area contributed by atoms with E-state index in [1.807, 2.05) is 0 Å². The summed E-state index contributed by atoms with van der Waals surface area (Å²) in [6.45, 7) is 3.54. The zero-order valence-electron chi connectivity index (χ0n) is 11.5. The minimum absolute atomic E-state index is 0.103. The number of aromatic nitrogens is 1. The molecule has 0 unspecified atom stereocenters. The summed E-state index contributed by atoms with van der Waals surface area (Å²) in [5.74, 6) is -1.58. The second kappa shape index (κ2) is 8.49. The predicted molar refractivity (Wildman–Crippen MR) is 79.2 cm³/mol. The van der Waals surface area contributed by atoms with Crippen LogP contribution in [0.1, 0.15) is 13.8 Å². The van der Waals surface area contributed by atoms with Crippen LogP contribution in [0, 0.1) is 0 Å². The highest BCUT2D eigenvalue weighted by Crippen LogP contribution is 2.21. The minimum Gasteiger partial charge on any atom is -0.462 e. The topological polar surface area (TPSA) is 77.5 Å². The molecular formula is C13H14Cl2N2O4. The third-order valence-corrected chi connectivity index (χ3v) is 2.68. The van der Waals surface area contributed by atoms with Gasteiger partial charge < -0.3 is 14.8 Å². The van der Waals surface area contributed by atoms with Gasteiger partial charge in [0.2, 0.25) is 0 Å². The quantitative estimate of drug-likeness (QED) is 0.284. The number of halogens is 2. The van der Waals surface area contributed by atoms with Gasteiger partial charge in [-0.1, -0.05) is 23.2 Å². The molecule has 1 heterocycles. The van der Waals surface area contributed by atoms with Gasteiger partial charge in [0.05, 0.1) is 18.9 Å². The molecule has 1 rings (SSSR count). The SMILES string of the molecule is CCOC(=O)C(=CNc1ccc(Cl)nc1Cl)C(=O)OCC. The maximum Gasteiger partial charge on any atom is 0.347 e. The van der Waals surface area contributed by atoms with E-state index in [1.165, 1.54) is 6.07 Å². The van der Waals surface area contributed by atoms with Gasteiger partial charge in [0.15, 0.2) is 10.7 Å². The molecule has 0 saturated carbocycles. The first kappa shape index (κ1) is 17.3. The first-order valence-corrected chi connectivity index (χ1v) is 6.88. The fourth-order valence-corrected chi connectivity index (χ4v) is 1.69. The van der Waals surface area contributed by atoms with Crippen molar-refractivity contribution in [2.75, 3.05) is 18.5 Å². The lowest BCUT2D eigenvalue weighted by Crippen LogP contribution is -2.19. The van der Waals surface area contributed by atoms with Crippen LogP contribution in [0.3, 0.4) is 0 Å². The number of anilines is 1. The van der Waals surface area contributed by atoms with Crippen molar-refractivity contribution < 1.29 is 19.1 Å². The summed E-state index contributed by atoms with van der Waals surface area (Å²) in [7, 11) is 0. The summed E-state index contributed by atoms with van der Waals surface area (Å²) < 4.78 is 9.58. The Morgan fingerprint density at radius 3 is 2.24 bits per heavy atom. The summed E-state index contributed by atoms with van der Waals surface area (Å²) in [5, 5.41) is 3.03. The fraction of sp³-hybridized carbons (Fsp3) is 0.308. The normalized spacial score (nSPS) is 9.71. The second-order valence-electron chi connectivity index (χ2n) is 3.62. The third kappa shape index (κ3) is 5.24. The third-order valence-electron chi connectivity index (χ3n) is 2.18. The molecule has 0 aromatic carbocycles. The molecule has 6 nitrogen and oxygen atoms in total. The average Bonchev–Trinajstić information content (AvgIpc) is 2.41. The van der Waals surface area contributed by atoms with E-state index in [0.29, 0.717) is 5.69 Å². The van der Waals surface area contributed by atoms with Gasteiger partial charge in [-0.05, 0) is 26.0 Å². The first-order chi connectivity index (χ1) is 9.99. The van der Waals surface area contributed by atoms with Gasteiger partial charge in [0.25, 0.3) is 0 Å². The number of carbonyl (C=O) groups excluding carboxylic acids is 2. The van der Waals surface area contributed by atoms with E-state index >= 15 is 0 Å². The highest BCUT2D eigenvalue weighted by molar-refractivity contribution is 6.34. The van der Waals surface area contributed by atoms with Crippen LogP contribution in [0.4, 0.5) is 5.69 Å². The smallest absolute Gasteiger partial charge is 0.347 e. The van der Waals surface area contributed by atoms with E-state index in [2.05, 4.69) is 10.3 Å². The molecule has 0 aliphatic carbocycles. The molecule has 0 atom stereocenters. The number of hydrogen-bond acceptors (Lipinski definition) is 6. The van der Waals surface area contributed by atoms with Crippen molar-refractivity contribution in [3.05, 3.63) is 34.2 Å². The molecule has 0 bridgehead atoms. The van der Waals surface area contributed by atoms with Gasteiger partial charge in [-0.3, -0.25) is 0 Å². The number of ether oxygens (including phenoxy) is 2. The highest BCUT2D eigenvalue weighted by Gasteiger charge is 2.21. The molecule has 21 heavy (non-hydrogen) atoms. The zero-order valence-corrected chi connectivity index (χ0v) is 13.0. The Morgan fingerprint density at radius 1 is 1.19 bits per heavy atom. The molecule has 0 spiro atoms. The maximum atomic E-state index is 11.7. The molecule has 0 aliphatic rings. The van der Waals surface area contributed by atoms with E-state index in [-0.39, 0.29) is 29.1 Å². The van der Waals surface area contributed by atoms with Crippen LogP contribution in [0.5, 0.6) is 0 Å². The Kier molecular flexibility index (Phi) is 6.98. The van der Waals surface area contributed by atoms with Crippen LogP contribution in [0.15, 0.2) is 23.9 Å². The van der Waals surface area contributed by atoms with Gasteiger partial charge in [-0.2, -0.15) is 0 Å². The van der Waals surface area contributed by atoms with Gasteiger partial charge in [-0.15, -0.1) is 0 Å². The number of pyridine rings is 1. The number of hydrogen-bond donors (Lipinski definition) is 1. The average molecular weight is 333 g/mol. The number of carbonyl (C=O) groups is 2. The predicted octanol–water partition coefficient (Wildman–Crippen LogP) is 2.81. The van der Waals surface area contributed by atoms with Gasteiger partial charge in [-0.25, -0.2) is 14.6 Å². The molecule has 0 radical (unpaired) electrons. The van der Waals surface area contributed by atoms with Crippen molar-refractivity contribution in [2.24, 2.45) is 0 Å². The van der Waals surface area contributed by atoms with E-state index in [9.17, 15) is 9.59 Å². The minimum atomic E-state index is -0.790. The lowest BCUT2D eigenvalue weighted by atomic mass is 10.3. The van der Waals surface area contributed by atoms with E-state index in [0.717, 1.165) is 6.20 Å². The summed E-state index contributed by atoms with van der Waals surface area (Å²) in [4.78, 5) is 27.3. The van der Waals surface area contributed by atoms with Crippen LogP contribution in [0.2, 0.25) is 10.3 Å². The van der Waals surface area contributed by atoms with Crippen LogP contribution in [0.25, 0.3) is 0 Å². The lowest BCUT2D eigenvalue weighted by molar-refractivity contribution is -0.146. The molecule has 8 heteroatoms. The van der Waals surface area contributed by atoms with Gasteiger partial charge >= 0.3 is 11.9 Å². The molecule has 1 N–H and O–H groups in total. The van der Waals surface area contributed by atoms with Crippen molar-refractivity contribution >= 4 is 40.8 Å². The van der Waals surface area contributed by atoms with E-state index < -0.39 is 11.9 Å². The first-order valence-electron chi connectivity index (χ1n) is 6.12. The van der Waals surface area contributed by atoms with Crippen LogP contribution in [-0.4, -0.2) is 30.1 Å². The van der Waals surface area contributed by atoms with Crippen molar-refractivity contribution in [1.82, 2.24) is 4.98 Å². The fourth-order valence-electron chi connectivity index (χ4n) is 1.29. The monoisotopic (exact) mass is 332 g/mol. The number of nitrogens with one attached hydrogen (secondary N) is 1. The summed E-state index contributed by atoms with van der Waals surface area (Å²) in [6, 6.07) is 3.07. The van der Waals surface area contributed by atoms with Crippen molar-refractivity contribution in [3.63, 3.8) is 0 Å². The molecule has 1 aromatic rings. The molecule has 0 aliphatic heterocycles. The highest BCUT2D eigenvalue weighted by atomic mass is 35.5. The number of nitrogens with zero attached hydrogens (tertiary/aromatic N) is 1. The Bertz CT molecular complexity index is 541. The Morgan fingerprint density at radius 2 is 1.76 bits per heavy atom. The lowest BCUT2D eigenvalue weighted by Gasteiger charge is -2.08. The van der Waals surface area contributed by atoms with Crippen molar-refractivity contribution in [3.8, 4) is 0 Å². The van der Waals surface area contributed by atoms with Crippen molar-refractivity contribution in [2.45, 2.75) is 13.8 Å². The molecule has 1 aromatic heterocycles. The Labute approximate surface area is 132 Å². The van der Waals surface area contributed by atoms with Gasteiger partial charge in [0.1, 0.15) is 5.15 Å². The largest absolute Gasteiger partial charge is 0.462 e. The van der Waals surface area contributed by atoms with Gasteiger partial charge in [0, 0.05) is 6.20 Å². The maximum absolute atomic E-state index is 11.7. The molecule has 0 amide bonds. The van der Waals surface area contributed by atoms with Crippen LogP contribution >= 0.6 is 23.2 Å². The second-order valence-corrected chi connectivity index (χ2v) is 4.36. The Balaban J connectivity index is 2.96. The molecular weight excluding hydrogens is 319 g/mol. The molecule has 0 fully saturated rings. The summed E-state index contributed by atoms with van der Waals surface area (Å²) in [5.41, 5.74) is 0.108. The van der Waals surface area contributed by atoms with E-state index in [1.54, 1.807) is 19.9 Å². The van der Waals surface area contributed by atoms with Crippen LogP contribution < -0.4 is 5.32 Å².